The van der Waals surface area contributed by atoms with Crippen LogP contribution < -0.4 is 5.73 Å². The van der Waals surface area contributed by atoms with E-state index in [2.05, 4.69) is 10.7 Å². The Morgan fingerprint density at radius 1 is 1.90 bits per heavy atom. The van der Waals surface area contributed by atoms with Crippen molar-refractivity contribution >= 4 is 5.97 Å². The lowest BCUT2D eigenvalue weighted by atomic mass is 10.2. The minimum Gasteiger partial charge on any atom is -0.469 e. The summed E-state index contributed by atoms with van der Waals surface area (Å²) < 4.78 is 4.38. The molecular weight excluding hydrogens is 130 g/mol. The van der Waals surface area contributed by atoms with Crippen LogP contribution in [-0.2, 0) is 9.53 Å². The molecule has 0 unspecified atom stereocenters. The Labute approximate surface area is 60.5 Å². The number of carbonyl (C=O) groups excluding carboxylic acids is 1. The van der Waals surface area contributed by atoms with Gasteiger partial charge in [-0.05, 0) is 6.42 Å². The number of methoxy groups -OCH3 is 1. The number of nitrogens with two attached hydrogens (primary N) is 1. The summed E-state index contributed by atoms with van der Waals surface area (Å²) in [7, 11) is 1.34. The number of hydrogen-bond donors (Lipinski definition) is 1. The van der Waals surface area contributed by atoms with Gasteiger partial charge in [0.25, 0.3) is 0 Å². The van der Waals surface area contributed by atoms with Crippen LogP contribution in [-0.4, -0.2) is 19.1 Å². The van der Waals surface area contributed by atoms with Crippen LogP contribution in [0.4, 0.5) is 0 Å². The van der Waals surface area contributed by atoms with E-state index in [0.29, 0.717) is 12.8 Å². The fourth-order valence-corrected chi connectivity index (χ4v) is 0.459. The van der Waals surface area contributed by atoms with Gasteiger partial charge in [0.2, 0.25) is 0 Å². The molecule has 10 heavy (non-hydrogen) atoms. The molecule has 0 aromatic rings. The minimum atomic E-state index is -0.334. The zero-order chi connectivity index (χ0) is 7.98. The third kappa shape index (κ3) is 3.93. The van der Waals surface area contributed by atoms with E-state index in [9.17, 15) is 4.79 Å². The van der Waals surface area contributed by atoms with Gasteiger partial charge in [0.1, 0.15) is 0 Å². The van der Waals surface area contributed by atoms with Crippen molar-refractivity contribution < 1.29 is 9.53 Å². The highest BCUT2D eigenvalue weighted by Crippen LogP contribution is 1.94. The predicted molar refractivity (Wildman–Crippen MR) is 38.1 cm³/mol. The Morgan fingerprint density at radius 2 is 2.50 bits per heavy atom. The zero-order valence-corrected chi connectivity index (χ0v) is 5.96. The van der Waals surface area contributed by atoms with Crippen LogP contribution in [0.3, 0.4) is 0 Å². The second kappa shape index (κ2) is 4.83. The molecule has 0 spiro atoms. The Hall–Kier alpha value is -1.01. The van der Waals surface area contributed by atoms with Gasteiger partial charge in [0.15, 0.2) is 0 Å². The van der Waals surface area contributed by atoms with E-state index in [0.717, 1.165) is 0 Å². The fraction of sp³-hybridized carbons (Fsp3) is 0.571. The van der Waals surface area contributed by atoms with Crippen LogP contribution in [0.5, 0.6) is 0 Å². The maximum atomic E-state index is 10.5. The molecule has 0 saturated carbocycles. The van der Waals surface area contributed by atoms with Gasteiger partial charge in [-0.2, -0.15) is 0 Å². The molecule has 0 rings (SSSR count). The SMILES string of the molecule is C#C[C@@H](N)CCC(=O)OC. The van der Waals surface area contributed by atoms with Gasteiger partial charge in [-0.15, -0.1) is 6.42 Å². The third-order valence-electron chi connectivity index (χ3n) is 1.10. The van der Waals surface area contributed by atoms with Crippen molar-refractivity contribution in [2.24, 2.45) is 5.73 Å². The van der Waals surface area contributed by atoms with Crippen LogP contribution in [0.1, 0.15) is 12.8 Å². The lowest BCUT2D eigenvalue weighted by molar-refractivity contribution is -0.140. The van der Waals surface area contributed by atoms with Crippen LogP contribution in [0.2, 0.25) is 0 Å². The second-order valence-electron chi connectivity index (χ2n) is 1.89. The molecule has 0 bridgehead atoms. The molecule has 2 N–H and O–H groups in total. The summed E-state index contributed by atoms with van der Waals surface area (Å²) in [4.78, 5) is 10.5. The number of rotatable bonds is 3. The first-order chi connectivity index (χ1) is 4.70. The average Bonchev–Trinajstić information content (AvgIpc) is 1.99. The van der Waals surface area contributed by atoms with Crippen LogP contribution in [0.25, 0.3) is 0 Å². The second-order valence-corrected chi connectivity index (χ2v) is 1.89. The summed E-state index contributed by atoms with van der Waals surface area (Å²) in [6, 6.07) is -0.334. The van der Waals surface area contributed by atoms with Crippen molar-refractivity contribution in [3.05, 3.63) is 0 Å². The van der Waals surface area contributed by atoms with Gasteiger partial charge in [-0.3, -0.25) is 4.79 Å². The topological polar surface area (TPSA) is 52.3 Å². The van der Waals surface area contributed by atoms with E-state index < -0.39 is 0 Å². The van der Waals surface area contributed by atoms with Crippen LogP contribution in [0.15, 0.2) is 0 Å². The highest BCUT2D eigenvalue weighted by atomic mass is 16.5. The number of ether oxygens (including phenoxy) is 1. The van der Waals surface area contributed by atoms with Gasteiger partial charge in [0, 0.05) is 6.42 Å². The third-order valence-corrected chi connectivity index (χ3v) is 1.10. The van der Waals surface area contributed by atoms with Gasteiger partial charge < -0.3 is 10.5 Å². The summed E-state index contributed by atoms with van der Waals surface area (Å²) in [5.74, 6) is 2.04. The molecule has 0 radical (unpaired) electrons. The van der Waals surface area contributed by atoms with Gasteiger partial charge in [0.05, 0.1) is 13.2 Å². The Morgan fingerprint density at radius 3 is 2.90 bits per heavy atom. The molecule has 0 aliphatic heterocycles. The average molecular weight is 141 g/mol. The molecule has 1 atom stereocenters. The van der Waals surface area contributed by atoms with Crippen molar-refractivity contribution in [1.29, 1.82) is 0 Å². The van der Waals surface area contributed by atoms with E-state index in [1.54, 1.807) is 0 Å². The molecule has 0 amide bonds. The lowest BCUT2D eigenvalue weighted by Crippen LogP contribution is -2.18. The molecule has 3 nitrogen and oxygen atoms in total. The summed E-state index contributed by atoms with van der Waals surface area (Å²) in [6.45, 7) is 0. The Bertz CT molecular complexity index is 148. The fourth-order valence-electron chi connectivity index (χ4n) is 0.459. The molecule has 0 aliphatic carbocycles. The van der Waals surface area contributed by atoms with Gasteiger partial charge >= 0.3 is 5.97 Å². The first kappa shape index (κ1) is 8.99. The number of carbonyl (C=O) groups is 1. The normalized spacial score (nSPS) is 11.7. The van der Waals surface area contributed by atoms with E-state index in [-0.39, 0.29) is 12.0 Å². The zero-order valence-electron chi connectivity index (χ0n) is 5.96. The van der Waals surface area contributed by atoms with Gasteiger partial charge in [-0.25, -0.2) is 0 Å². The summed E-state index contributed by atoms with van der Waals surface area (Å²) in [5, 5.41) is 0. The van der Waals surface area contributed by atoms with Gasteiger partial charge in [-0.1, -0.05) is 5.92 Å². The first-order valence-corrected chi connectivity index (χ1v) is 2.99. The standard InChI is InChI=1S/C7H11NO2/c1-3-6(8)4-5-7(9)10-2/h1,6H,4-5,8H2,2H3/t6-/m1/s1. The summed E-state index contributed by atoms with van der Waals surface area (Å²) in [5.41, 5.74) is 5.33. The van der Waals surface area contributed by atoms with E-state index in [1.165, 1.54) is 7.11 Å². The smallest absolute Gasteiger partial charge is 0.305 e. The Kier molecular flexibility index (Phi) is 4.34. The molecule has 0 heterocycles. The van der Waals surface area contributed by atoms with E-state index in [4.69, 9.17) is 12.2 Å². The Balaban J connectivity index is 3.37. The molecule has 0 aromatic carbocycles. The largest absolute Gasteiger partial charge is 0.469 e. The van der Waals surface area contributed by atoms with Crippen molar-refractivity contribution in [2.45, 2.75) is 18.9 Å². The van der Waals surface area contributed by atoms with E-state index >= 15 is 0 Å². The molecular formula is C7H11NO2. The van der Waals surface area contributed by atoms with Crippen molar-refractivity contribution in [2.75, 3.05) is 7.11 Å². The highest BCUT2D eigenvalue weighted by Gasteiger charge is 2.02. The maximum absolute atomic E-state index is 10.5. The molecule has 3 heteroatoms. The molecule has 0 aromatic heterocycles. The monoisotopic (exact) mass is 141 g/mol. The number of esters is 1. The maximum Gasteiger partial charge on any atom is 0.305 e. The molecule has 0 saturated heterocycles. The van der Waals surface area contributed by atoms with Crippen molar-refractivity contribution in [1.82, 2.24) is 0 Å². The summed E-state index contributed by atoms with van der Waals surface area (Å²) >= 11 is 0. The minimum absolute atomic E-state index is 0.272. The molecule has 0 fully saturated rings. The first-order valence-electron chi connectivity index (χ1n) is 2.99. The quantitative estimate of drug-likeness (QED) is 0.441. The van der Waals surface area contributed by atoms with Crippen molar-refractivity contribution in [3.63, 3.8) is 0 Å². The van der Waals surface area contributed by atoms with Crippen LogP contribution >= 0.6 is 0 Å². The molecule has 56 valence electrons. The lowest BCUT2D eigenvalue weighted by Gasteiger charge is -2.00. The molecule has 0 aliphatic rings. The van der Waals surface area contributed by atoms with Crippen molar-refractivity contribution in [3.8, 4) is 12.3 Å². The number of terminal acetylenes is 1. The highest BCUT2D eigenvalue weighted by molar-refractivity contribution is 5.69. The summed E-state index contributed by atoms with van der Waals surface area (Å²) in [6.07, 6.45) is 5.76. The number of hydrogen-bond acceptors (Lipinski definition) is 3. The van der Waals surface area contributed by atoms with Crippen LogP contribution in [0, 0.1) is 12.3 Å². The van der Waals surface area contributed by atoms with E-state index in [1.807, 2.05) is 0 Å². The predicted octanol–water partition coefficient (Wildman–Crippen LogP) is -0.0999.